The summed E-state index contributed by atoms with van der Waals surface area (Å²) in [5.41, 5.74) is -0.470. The van der Waals surface area contributed by atoms with E-state index in [1.54, 1.807) is 12.1 Å². The molecule has 2 heterocycles. The summed E-state index contributed by atoms with van der Waals surface area (Å²) < 4.78 is 16.8. The molecule has 1 unspecified atom stereocenters. The number of rotatable bonds is 4. The van der Waals surface area contributed by atoms with E-state index in [1.165, 1.54) is 61.7 Å². The van der Waals surface area contributed by atoms with Crippen molar-refractivity contribution in [2.75, 3.05) is 7.11 Å². The van der Waals surface area contributed by atoms with Crippen LogP contribution in [0.3, 0.4) is 0 Å². The van der Waals surface area contributed by atoms with Crippen molar-refractivity contribution in [3.63, 3.8) is 0 Å². The first-order chi connectivity index (χ1) is 19.1. The fourth-order valence-electron chi connectivity index (χ4n) is 5.54. The van der Waals surface area contributed by atoms with E-state index in [4.69, 9.17) is 14.2 Å². The molecule has 4 aromatic rings. The third-order valence-electron chi connectivity index (χ3n) is 7.04. The first kappa shape index (κ1) is 24.8. The van der Waals surface area contributed by atoms with Gasteiger partial charge in [0.15, 0.2) is 16.9 Å². The molecule has 2 aliphatic rings. The Morgan fingerprint density at radius 3 is 2.17 bits per heavy atom. The van der Waals surface area contributed by atoms with Crippen LogP contribution in [-0.2, 0) is 10.2 Å². The largest absolute Gasteiger partial charge is 0.508 e. The van der Waals surface area contributed by atoms with Crippen LogP contribution in [0.5, 0.6) is 51.7 Å². The van der Waals surface area contributed by atoms with Gasteiger partial charge in [0.05, 0.1) is 12.7 Å². The zero-order valence-electron chi connectivity index (χ0n) is 20.8. The molecule has 2 aliphatic heterocycles. The summed E-state index contributed by atoms with van der Waals surface area (Å²) in [6.07, 6.45) is 1.92. The molecule has 0 amide bonds. The minimum Gasteiger partial charge on any atom is -0.508 e. The number of carbonyl (C=O) groups is 1. The van der Waals surface area contributed by atoms with Gasteiger partial charge in [-0.05, 0) is 47.0 Å². The predicted molar refractivity (Wildman–Crippen MR) is 141 cm³/mol. The van der Waals surface area contributed by atoms with Crippen LogP contribution in [0.1, 0.15) is 33.9 Å². The lowest BCUT2D eigenvalue weighted by Gasteiger charge is -2.29. The Hall–Kier alpha value is -5.51. The molecule has 202 valence electrons. The van der Waals surface area contributed by atoms with Crippen molar-refractivity contribution in [1.82, 2.24) is 0 Å². The van der Waals surface area contributed by atoms with Gasteiger partial charge in [0.1, 0.15) is 40.6 Å². The molecule has 40 heavy (non-hydrogen) atoms. The highest BCUT2D eigenvalue weighted by Gasteiger charge is 2.64. The van der Waals surface area contributed by atoms with Gasteiger partial charge in [-0.2, -0.15) is 0 Å². The number of fused-ring (bicyclic) bond motifs is 4. The Kier molecular flexibility index (Phi) is 5.44. The van der Waals surface area contributed by atoms with Crippen LogP contribution < -0.4 is 14.2 Å². The molecule has 0 bridgehead atoms. The standard InChI is InChI=1S/C30H22O10/c1-38-27-21(35)7-14(8-22(27)36)5-6-15-9-18(32)12-23-25(15)30(29(37)40-23)26-20(34)11-19(33)13-24(26)39-28(30)16-3-2-4-17(31)10-16/h2-13,28,31-36H,1H3/t28?,30-/m1/s1. The molecule has 10 nitrogen and oxygen atoms in total. The van der Waals surface area contributed by atoms with E-state index in [0.717, 1.165) is 6.07 Å². The lowest BCUT2D eigenvalue weighted by Crippen LogP contribution is -2.40. The number of phenolic OH excluding ortho intramolecular Hbond substituents is 6. The summed E-state index contributed by atoms with van der Waals surface area (Å²) in [5, 5.41) is 62.3. The van der Waals surface area contributed by atoms with E-state index < -0.39 is 23.2 Å². The first-order valence-corrected chi connectivity index (χ1v) is 12.0. The number of aromatic hydroxyl groups is 6. The van der Waals surface area contributed by atoms with E-state index in [1.807, 2.05) is 0 Å². The molecule has 0 radical (unpaired) electrons. The van der Waals surface area contributed by atoms with Gasteiger partial charge in [0.25, 0.3) is 0 Å². The average molecular weight is 542 g/mol. The smallest absolute Gasteiger partial charge is 0.331 e. The molecule has 10 heteroatoms. The monoisotopic (exact) mass is 542 g/mol. The molecule has 0 aromatic heterocycles. The van der Waals surface area contributed by atoms with Gasteiger partial charge in [-0.15, -0.1) is 0 Å². The summed E-state index contributed by atoms with van der Waals surface area (Å²) in [4.78, 5) is 13.9. The number of ether oxygens (including phenoxy) is 3. The Morgan fingerprint density at radius 2 is 1.48 bits per heavy atom. The van der Waals surface area contributed by atoms with Crippen LogP contribution in [0.25, 0.3) is 12.2 Å². The van der Waals surface area contributed by atoms with E-state index in [-0.39, 0.29) is 57.1 Å². The summed E-state index contributed by atoms with van der Waals surface area (Å²) >= 11 is 0. The van der Waals surface area contributed by atoms with Crippen LogP contribution in [-0.4, -0.2) is 43.7 Å². The summed E-state index contributed by atoms with van der Waals surface area (Å²) in [5.74, 6) is -2.48. The second kappa shape index (κ2) is 8.77. The summed E-state index contributed by atoms with van der Waals surface area (Å²) in [6, 6.07) is 13.8. The maximum atomic E-state index is 13.9. The van der Waals surface area contributed by atoms with Crippen LogP contribution in [0, 0.1) is 0 Å². The summed E-state index contributed by atoms with van der Waals surface area (Å²) in [6.45, 7) is 0. The zero-order valence-corrected chi connectivity index (χ0v) is 20.8. The molecular formula is C30H22O10. The van der Waals surface area contributed by atoms with Crippen molar-refractivity contribution in [3.05, 3.63) is 88.5 Å². The second-order valence-corrected chi connectivity index (χ2v) is 9.46. The highest BCUT2D eigenvalue weighted by Crippen LogP contribution is 2.63. The van der Waals surface area contributed by atoms with Gasteiger partial charge >= 0.3 is 5.97 Å². The third kappa shape index (κ3) is 3.53. The maximum Gasteiger partial charge on any atom is 0.331 e. The molecule has 0 aliphatic carbocycles. The number of hydrogen-bond acceptors (Lipinski definition) is 10. The number of esters is 1. The SMILES string of the molecule is COc1c(O)cc(C=Cc2cc(O)cc3c2[C@@]2(C(=O)O3)c3c(O)cc(O)cc3OC2c2cccc(O)c2)cc1O. The van der Waals surface area contributed by atoms with Gasteiger partial charge in [0, 0.05) is 23.8 Å². The Bertz CT molecular complexity index is 1720. The minimum atomic E-state index is -1.81. The van der Waals surface area contributed by atoms with Crippen LogP contribution in [0.2, 0.25) is 0 Å². The number of phenols is 6. The number of carbonyl (C=O) groups excluding carboxylic acids is 1. The first-order valence-electron chi connectivity index (χ1n) is 12.0. The van der Waals surface area contributed by atoms with Crippen molar-refractivity contribution in [2.24, 2.45) is 0 Å². The fraction of sp³-hybridized carbons (Fsp3) is 0.100. The Labute approximate surface area is 226 Å². The topological polar surface area (TPSA) is 166 Å². The average Bonchev–Trinajstić information content (AvgIpc) is 3.37. The molecule has 1 spiro atoms. The van der Waals surface area contributed by atoms with Crippen LogP contribution in [0.15, 0.2) is 60.7 Å². The maximum absolute atomic E-state index is 13.9. The van der Waals surface area contributed by atoms with E-state index in [2.05, 4.69) is 0 Å². The van der Waals surface area contributed by atoms with Crippen molar-refractivity contribution in [2.45, 2.75) is 11.5 Å². The van der Waals surface area contributed by atoms with Gasteiger partial charge in [-0.25, -0.2) is 0 Å². The van der Waals surface area contributed by atoms with Gasteiger partial charge in [-0.1, -0.05) is 24.3 Å². The fourth-order valence-corrected chi connectivity index (χ4v) is 5.54. The van der Waals surface area contributed by atoms with Crippen molar-refractivity contribution < 1.29 is 49.6 Å². The lowest BCUT2D eigenvalue weighted by atomic mass is 9.68. The second-order valence-electron chi connectivity index (χ2n) is 9.46. The number of benzene rings is 4. The molecule has 0 saturated carbocycles. The molecule has 4 aromatic carbocycles. The van der Waals surface area contributed by atoms with Crippen LogP contribution >= 0.6 is 0 Å². The predicted octanol–water partition coefficient (Wildman–Crippen LogP) is 4.44. The van der Waals surface area contributed by atoms with E-state index in [9.17, 15) is 35.4 Å². The molecule has 6 rings (SSSR count). The van der Waals surface area contributed by atoms with Gasteiger partial charge < -0.3 is 44.8 Å². The Balaban J connectivity index is 1.61. The number of hydrogen-bond donors (Lipinski definition) is 6. The molecule has 0 fully saturated rings. The minimum absolute atomic E-state index is 0.0131. The number of methoxy groups -OCH3 is 1. The normalized spacial score (nSPS) is 18.9. The van der Waals surface area contributed by atoms with Crippen LogP contribution in [0.4, 0.5) is 0 Å². The van der Waals surface area contributed by atoms with E-state index >= 15 is 0 Å². The van der Waals surface area contributed by atoms with Gasteiger partial charge in [0.2, 0.25) is 5.75 Å². The highest BCUT2D eigenvalue weighted by molar-refractivity contribution is 6.00. The Morgan fingerprint density at radius 1 is 0.775 bits per heavy atom. The molecule has 2 atom stereocenters. The molecule has 0 saturated heterocycles. The van der Waals surface area contributed by atoms with Gasteiger partial charge in [-0.3, -0.25) is 4.79 Å². The molecule has 6 N–H and O–H groups in total. The molecular weight excluding hydrogens is 520 g/mol. The summed E-state index contributed by atoms with van der Waals surface area (Å²) in [7, 11) is 1.30. The van der Waals surface area contributed by atoms with Crippen molar-refractivity contribution in [1.29, 1.82) is 0 Å². The third-order valence-corrected chi connectivity index (χ3v) is 7.04. The zero-order chi connectivity index (χ0) is 28.3. The van der Waals surface area contributed by atoms with Crippen molar-refractivity contribution in [3.8, 4) is 51.7 Å². The van der Waals surface area contributed by atoms with Crippen molar-refractivity contribution >= 4 is 18.1 Å². The highest BCUT2D eigenvalue weighted by atomic mass is 16.6. The quantitative estimate of drug-likeness (QED) is 0.123. The lowest BCUT2D eigenvalue weighted by molar-refractivity contribution is -0.139. The van der Waals surface area contributed by atoms with E-state index in [0.29, 0.717) is 16.7 Å².